The van der Waals surface area contributed by atoms with E-state index in [9.17, 15) is 22.8 Å². The second kappa shape index (κ2) is 6.91. The average molecular weight is 386 g/mol. The van der Waals surface area contributed by atoms with E-state index in [-0.39, 0.29) is 41.0 Å². The van der Waals surface area contributed by atoms with Crippen molar-refractivity contribution in [3.8, 4) is 11.8 Å². The zero-order chi connectivity index (χ0) is 18.9. The maximum Gasteiger partial charge on any atom is 0.389 e. The van der Waals surface area contributed by atoms with Crippen LogP contribution in [0.4, 0.5) is 18.9 Å². The summed E-state index contributed by atoms with van der Waals surface area (Å²) < 4.78 is 42.6. The summed E-state index contributed by atoms with van der Waals surface area (Å²) in [5.41, 5.74) is 0.177. The number of para-hydroxylation sites is 1. The number of carbonyl (C=O) groups excluding carboxylic acids is 2. The molecule has 0 saturated carbocycles. The van der Waals surface area contributed by atoms with E-state index in [4.69, 9.17) is 16.3 Å². The van der Waals surface area contributed by atoms with Crippen molar-refractivity contribution in [1.29, 1.82) is 0 Å². The van der Waals surface area contributed by atoms with Crippen LogP contribution in [0.3, 0.4) is 0 Å². The SMILES string of the molecule is O=C1C(=O)N(CCCC(F)(F)F)c2c(Oc3ncc(Cl)cn3)cccc21. The van der Waals surface area contributed by atoms with Gasteiger partial charge in [-0.2, -0.15) is 13.2 Å². The molecular weight excluding hydrogens is 375 g/mol. The number of rotatable bonds is 5. The molecule has 0 spiro atoms. The molecule has 0 N–H and O–H groups in total. The van der Waals surface area contributed by atoms with Gasteiger partial charge in [0.1, 0.15) is 0 Å². The molecule has 136 valence electrons. The molecule has 1 amide bonds. The van der Waals surface area contributed by atoms with Gasteiger partial charge in [0.15, 0.2) is 5.75 Å². The van der Waals surface area contributed by atoms with Crippen LogP contribution >= 0.6 is 11.6 Å². The number of halogens is 4. The van der Waals surface area contributed by atoms with E-state index in [2.05, 4.69) is 9.97 Å². The number of aromatic nitrogens is 2. The molecule has 1 aromatic heterocycles. The van der Waals surface area contributed by atoms with Gasteiger partial charge in [-0.25, -0.2) is 9.97 Å². The molecule has 1 aromatic carbocycles. The van der Waals surface area contributed by atoms with Crippen LogP contribution in [0.1, 0.15) is 23.2 Å². The van der Waals surface area contributed by atoms with E-state index in [1.54, 1.807) is 0 Å². The van der Waals surface area contributed by atoms with Gasteiger partial charge in [-0.1, -0.05) is 17.7 Å². The Bertz CT molecular complexity index is 856. The summed E-state index contributed by atoms with van der Waals surface area (Å²) in [7, 11) is 0. The predicted molar refractivity (Wildman–Crippen MR) is 85.5 cm³/mol. The van der Waals surface area contributed by atoms with Gasteiger partial charge < -0.3 is 9.64 Å². The molecule has 0 saturated heterocycles. The van der Waals surface area contributed by atoms with Gasteiger partial charge in [-0.15, -0.1) is 0 Å². The fraction of sp³-hybridized carbons (Fsp3) is 0.250. The van der Waals surface area contributed by atoms with Gasteiger partial charge in [0, 0.05) is 13.0 Å². The monoisotopic (exact) mass is 385 g/mol. The Morgan fingerprint density at radius 1 is 1.15 bits per heavy atom. The summed E-state index contributed by atoms with van der Waals surface area (Å²) in [5.74, 6) is -1.60. The van der Waals surface area contributed by atoms with Gasteiger partial charge >= 0.3 is 12.2 Å². The molecule has 0 unspecified atom stereocenters. The molecule has 0 fully saturated rings. The van der Waals surface area contributed by atoms with Crippen LogP contribution < -0.4 is 9.64 Å². The van der Waals surface area contributed by atoms with Crippen molar-refractivity contribution >= 4 is 29.0 Å². The van der Waals surface area contributed by atoms with E-state index in [0.717, 1.165) is 4.90 Å². The van der Waals surface area contributed by atoms with Crippen LogP contribution in [-0.2, 0) is 4.79 Å². The predicted octanol–water partition coefficient (Wildman–Crippen LogP) is 3.79. The number of alkyl halides is 3. The van der Waals surface area contributed by atoms with Crippen LogP contribution in [0.15, 0.2) is 30.6 Å². The van der Waals surface area contributed by atoms with E-state index < -0.39 is 24.3 Å². The number of ether oxygens (including phenoxy) is 1. The highest BCUT2D eigenvalue weighted by molar-refractivity contribution is 6.52. The number of fused-ring (bicyclic) bond motifs is 1. The van der Waals surface area contributed by atoms with Gasteiger partial charge in [0.25, 0.3) is 11.7 Å². The molecule has 0 aliphatic carbocycles. The molecule has 3 rings (SSSR count). The third-order valence-corrected chi connectivity index (χ3v) is 3.79. The Balaban J connectivity index is 1.88. The second-order valence-corrected chi connectivity index (χ2v) is 5.88. The lowest BCUT2D eigenvalue weighted by molar-refractivity contribution is -0.135. The third kappa shape index (κ3) is 3.77. The van der Waals surface area contributed by atoms with Gasteiger partial charge in [0.05, 0.1) is 28.7 Å². The van der Waals surface area contributed by atoms with Crippen LogP contribution in [0, 0.1) is 0 Å². The highest BCUT2D eigenvalue weighted by atomic mass is 35.5. The highest BCUT2D eigenvalue weighted by Crippen LogP contribution is 2.39. The number of anilines is 1. The Labute approximate surface area is 150 Å². The molecule has 0 atom stereocenters. The van der Waals surface area contributed by atoms with Crippen molar-refractivity contribution in [2.75, 3.05) is 11.4 Å². The molecule has 26 heavy (non-hydrogen) atoms. The first-order chi connectivity index (χ1) is 12.3. The topological polar surface area (TPSA) is 72.4 Å². The van der Waals surface area contributed by atoms with E-state index in [1.807, 2.05) is 0 Å². The van der Waals surface area contributed by atoms with Crippen molar-refractivity contribution in [2.45, 2.75) is 19.0 Å². The molecule has 2 aromatic rings. The fourth-order valence-electron chi connectivity index (χ4n) is 2.51. The number of ketones is 1. The number of amides is 1. The smallest absolute Gasteiger partial charge is 0.389 e. The zero-order valence-electron chi connectivity index (χ0n) is 13.1. The van der Waals surface area contributed by atoms with Gasteiger partial charge in [-0.05, 0) is 18.6 Å². The van der Waals surface area contributed by atoms with Crippen molar-refractivity contribution < 1.29 is 27.5 Å². The minimum Gasteiger partial charge on any atom is -0.422 e. The van der Waals surface area contributed by atoms with E-state index in [1.165, 1.54) is 30.6 Å². The number of hydrogen-bond donors (Lipinski definition) is 0. The highest BCUT2D eigenvalue weighted by Gasteiger charge is 2.39. The first kappa shape index (κ1) is 18.1. The largest absolute Gasteiger partial charge is 0.422 e. The number of Topliss-reactive ketones (excluding diaryl/α,β-unsaturated/α-hetero) is 1. The van der Waals surface area contributed by atoms with Crippen molar-refractivity contribution in [2.24, 2.45) is 0 Å². The summed E-state index contributed by atoms with van der Waals surface area (Å²) in [6.45, 7) is -0.265. The first-order valence-corrected chi connectivity index (χ1v) is 7.85. The van der Waals surface area contributed by atoms with Crippen molar-refractivity contribution in [3.63, 3.8) is 0 Å². The van der Waals surface area contributed by atoms with E-state index in [0.29, 0.717) is 0 Å². The summed E-state index contributed by atoms with van der Waals surface area (Å²) in [6, 6.07) is 4.30. The average Bonchev–Trinajstić information content (AvgIpc) is 2.82. The van der Waals surface area contributed by atoms with Crippen LogP contribution in [-0.4, -0.2) is 34.4 Å². The Morgan fingerprint density at radius 3 is 2.50 bits per heavy atom. The number of carbonyl (C=O) groups is 2. The molecule has 2 heterocycles. The summed E-state index contributed by atoms with van der Waals surface area (Å²) in [4.78, 5) is 33.0. The summed E-state index contributed by atoms with van der Waals surface area (Å²) in [5, 5.41) is 0.287. The molecule has 0 bridgehead atoms. The lowest BCUT2D eigenvalue weighted by atomic mass is 10.1. The normalized spacial score (nSPS) is 13.9. The number of hydrogen-bond acceptors (Lipinski definition) is 5. The van der Waals surface area contributed by atoms with Crippen LogP contribution in [0.5, 0.6) is 11.8 Å². The fourth-order valence-corrected chi connectivity index (χ4v) is 2.61. The van der Waals surface area contributed by atoms with Crippen molar-refractivity contribution in [3.05, 3.63) is 41.2 Å². The molecule has 10 heteroatoms. The molecule has 0 radical (unpaired) electrons. The molecule has 1 aliphatic rings. The second-order valence-electron chi connectivity index (χ2n) is 5.44. The van der Waals surface area contributed by atoms with Crippen LogP contribution in [0.25, 0.3) is 0 Å². The third-order valence-electron chi connectivity index (χ3n) is 3.59. The van der Waals surface area contributed by atoms with Gasteiger partial charge in [0.2, 0.25) is 0 Å². The summed E-state index contributed by atoms with van der Waals surface area (Å²) in [6.07, 6.45) is -3.16. The maximum atomic E-state index is 12.4. The molecule has 6 nitrogen and oxygen atoms in total. The Kier molecular flexibility index (Phi) is 4.82. The Morgan fingerprint density at radius 2 is 1.85 bits per heavy atom. The molecule has 1 aliphatic heterocycles. The quantitative estimate of drug-likeness (QED) is 0.732. The molecular formula is C16H11ClF3N3O3. The maximum absolute atomic E-state index is 12.4. The first-order valence-electron chi connectivity index (χ1n) is 7.47. The van der Waals surface area contributed by atoms with Crippen molar-refractivity contribution in [1.82, 2.24) is 9.97 Å². The standard InChI is InChI=1S/C16H11ClF3N3O3/c17-9-7-21-15(22-8-9)26-11-4-1-3-10-12(11)23(14(25)13(10)24)6-2-5-16(18,19)20/h1,3-4,7-8H,2,5-6H2. The minimum atomic E-state index is -4.34. The lowest BCUT2D eigenvalue weighted by Crippen LogP contribution is -2.31. The summed E-state index contributed by atoms with van der Waals surface area (Å²) >= 11 is 5.69. The number of nitrogens with zero attached hydrogens (tertiary/aromatic N) is 3. The van der Waals surface area contributed by atoms with Crippen LogP contribution in [0.2, 0.25) is 5.02 Å². The Hall–Kier alpha value is -2.68. The van der Waals surface area contributed by atoms with E-state index >= 15 is 0 Å². The zero-order valence-corrected chi connectivity index (χ0v) is 13.8. The number of benzene rings is 1. The lowest BCUT2D eigenvalue weighted by Gasteiger charge is -2.19. The minimum absolute atomic E-state index is 0.0634. The van der Waals surface area contributed by atoms with Gasteiger partial charge in [-0.3, -0.25) is 9.59 Å².